The van der Waals surface area contributed by atoms with Gasteiger partial charge in [0.2, 0.25) is 0 Å². The van der Waals surface area contributed by atoms with Gasteiger partial charge in [-0.25, -0.2) is 0 Å². The van der Waals surface area contributed by atoms with E-state index in [2.05, 4.69) is 20.8 Å². The van der Waals surface area contributed by atoms with E-state index in [1.165, 1.54) is 12.1 Å². The van der Waals surface area contributed by atoms with Gasteiger partial charge in [0.15, 0.2) is 5.84 Å². The van der Waals surface area contributed by atoms with Crippen molar-refractivity contribution in [2.24, 2.45) is 15.3 Å². The van der Waals surface area contributed by atoms with Crippen LogP contribution in [0.1, 0.15) is 6.92 Å². The van der Waals surface area contributed by atoms with Crippen molar-refractivity contribution in [2.75, 3.05) is 5.43 Å². The minimum atomic E-state index is -0.452. The third-order valence-corrected chi connectivity index (χ3v) is 2.49. The second-order valence-corrected chi connectivity index (χ2v) is 4.11. The van der Waals surface area contributed by atoms with Gasteiger partial charge in [0.1, 0.15) is 0 Å². The van der Waals surface area contributed by atoms with E-state index in [1.807, 2.05) is 30.3 Å². The number of hydrogen-bond donors (Lipinski definition) is 1. The predicted octanol–water partition coefficient (Wildman–Crippen LogP) is 4.12. The van der Waals surface area contributed by atoms with Gasteiger partial charge in [0.25, 0.3) is 5.69 Å². The van der Waals surface area contributed by atoms with Crippen LogP contribution in [-0.4, -0.2) is 10.8 Å². The number of benzene rings is 2. The van der Waals surface area contributed by atoms with Gasteiger partial charge in [0, 0.05) is 12.1 Å². The Morgan fingerprint density at radius 1 is 1.10 bits per heavy atom. The molecule has 0 fully saturated rings. The highest BCUT2D eigenvalue weighted by molar-refractivity contribution is 5.80. The zero-order chi connectivity index (χ0) is 15.1. The minimum Gasteiger partial charge on any atom is -0.277 e. The Morgan fingerprint density at radius 3 is 2.38 bits per heavy atom. The van der Waals surface area contributed by atoms with Crippen LogP contribution in [0.4, 0.5) is 17.1 Å². The van der Waals surface area contributed by atoms with Crippen LogP contribution < -0.4 is 5.43 Å². The van der Waals surface area contributed by atoms with Crippen LogP contribution in [0.3, 0.4) is 0 Å². The van der Waals surface area contributed by atoms with Gasteiger partial charge >= 0.3 is 0 Å². The Labute approximate surface area is 121 Å². The maximum absolute atomic E-state index is 10.5. The molecule has 0 aliphatic carbocycles. The summed E-state index contributed by atoms with van der Waals surface area (Å²) in [5, 5.41) is 22.5. The van der Waals surface area contributed by atoms with E-state index in [0.717, 1.165) is 5.69 Å². The molecule has 1 N–H and O–H groups in total. The van der Waals surface area contributed by atoms with Crippen LogP contribution in [0.2, 0.25) is 0 Å². The number of nitro groups is 1. The number of nitrogens with one attached hydrogen (secondary N) is 1. The highest BCUT2D eigenvalue weighted by Gasteiger charge is 2.02. The molecule has 0 aliphatic rings. The molecule has 0 saturated carbocycles. The largest absolute Gasteiger partial charge is 0.277 e. The lowest BCUT2D eigenvalue weighted by molar-refractivity contribution is -0.384. The number of nitro benzene ring substituents is 1. The molecule has 2 aromatic rings. The molecule has 0 radical (unpaired) electrons. The van der Waals surface area contributed by atoms with Gasteiger partial charge in [-0.1, -0.05) is 18.2 Å². The molecule has 0 spiro atoms. The highest BCUT2D eigenvalue weighted by atomic mass is 16.6. The van der Waals surface area contributed by atoms with Gasteiger partial charge in [-0.15, -0.1) is 10.2 Å². The number of anilines is 1. The van der Waals surface area contributed by atoms with E-state index < -0.39 is 4.92 Å². The molecule has 0 aromatic heterocycles. The number of non-ortho nitro benzene ring substituents is 1. The number of azo groups is 1. The van der Waals surface area contributed by atoms with Crippen molar-refractivity contribution in [3.63, 3.8) is 0 Å². The lowest BCUT2D eigenvalue weighted by atomic mass is 10.3. The molecule has 0 aliphatic heterocycles. The molecule has 0 amide bonds. The second kappa shape index (κ2) is 6.90. The summed E-state index contributed by atoms with van der Waals surface area (Å²) in [5.74, 6) is 0.442. The number of hydrogen-bond acceptors (Lipinski definition) is 5. The van der Waals surface area contributed by atoms with Crippen LogP contribution in [0.15, 0.2) is 69.9 Å². The van der Waals surface area contributed by atoms with Gasteiger partial charge in [-0.3, -0.25) is 15.5 Å². The summed E-state index contributed by atoms with van der Waals surface area (Å²) in [6.07, 6.45) is 0. The van der Waals surface area contributed by atoms with Crippen molar-refractivity contribution in [1.29, 1.82) is 0 Å². The van der Waals surface area contributed by atoms with Crippen LogP contribution in [0.5, 0.6) is 0 Å². The summed E-state index contributed by atoms with van der Waals surface area (Å²) in [7, 11) is 0. The molecule has 0 heterocycles. The van der Waals surface area contributed by atoms with Crippen molar-refractivity contribution in [3.05, 3.63) is 64.7 Å². The average Bonchev–Trinajstić information content (AvgIpc) is 2.52. The van der Waals surface area contributed by atoms with Gasteiger partial charge in [0.05, 0.1) is 16.3 Å². The zero-order valence-corrected chi connectivity index (χ0v) is 11.3. The molecule has 0 bridgehead atoms. The number of rotatable bonds is 4. The molecule has 0 unspecified atom stereocenters. The number of amidine groups is 1. The van der Waals surface area contributed by atoms with E-state index >= 15 is 0 Å². The lowest BCUT2D eigenvalue weighted by Gasteiger charge is -1.99. The standard InChI is InChI=1S/C14H13N5O2/c1-11(15-17-12-5-3-2-4-6-12)16-18-13-7-9-14(10-8-13)19(20)21/h2-10,18H,1H3/b16-11+,17-15+. The lowest BCUT2D eigenvalue weighted by Crippen LogP contribution is -1.94. The van der Waals surface area contributed by atoms with Crippen molar-refractivity contribution in [1.82, 2.24) is 0 Å². The monoisotopic (exact) mass is 283 g/mol. The van der Waals surface area contributed by atoms with Crippen molar-refractivity contribution in [3.8, 4) is 0 Å². The minimum absolute atomic E-state index is 0.0324. The summed E-state index contributed by atoms with van der Waals surface area (Å²) in [5.41, 5.74) is 4.16. The van der Waals surface area contributed by atoms with Crippen LogP contribution in [-0.2, 0) is 0 Å². The molecule has 0 atom stereocenters. The van der Waals surface area contributed by atoms with E-state index in [4.69, 9.17) is 0 Å². The van der Waals surface area contributed by atoms with E-state index in [1.54, 1.807) is 19.1 Å². The molecular formula is C14H13N5O2. The summed E-state index contributed by atoms with van der Waals surface area (Å²) in [6, 6.07) is 15.3. The SMILES string of the molecule is CC(/N=N/c1ccccc1)=N\Nc1ccc([N+](=O)[O-])cc1. The maximum Gasteiger partial charge on any atom is 0.269 e. The van der Waals surface area contributed by atoms with Crippen LogP contribution >= 0.6 is 0 Å². The van der Waals surface area contributed by atoms with E-state index in [9.17, 15) is 10.1 Å². The van der Waals surface area contributed by atoms with Gasteiger partial charge < -0.3 is 0 Å². The summed E-state index contributed by atoms with van der Waals surface area (Å²) < 4.78 is 0. The molecule has 2 rings (SSSR count). The molecule has 0 saturated heterocycles. The fourth-order valence-electron chi connectivity index (χ4n) is 1.45. The first-order valence-corrected chi connectivity index (χ1v) is 6.17. The molecule has 21 heavy (non-hydrogen) atoms. The van der Waals surface area contributed by atoms with E-state index in [0.29, 0.717) is 11.5 Å². The smallest absolute Gasteiger partial charge is 0.269 e. The second-order valence-electron chi connectivity index (χ2n) is 4.11. The first-order valence-electron chi connectivity index (χ1n) is 6.17. The molecule has 7 heteroatoms. The normalized spacial score (nSPS) is 11.6. The predicted molar refractivity (Wildman–Crippen MR) is 80.8 cm³/mol. The molecule has 106 valence electrons. The number of hydrazone groups is 1. The third-order valence-electron chi connectivity index (χ3n) is 2.49. The fraction of sp³-hybridized carbons (Fsp3) is 0.0714. The Bertz CT molecular complexity index is 666. The highest BCUT2D eigenvalue weighted by Crippen LogP contribution is 2.15. The molecular weight excluding hydrogens is 270 g/mol. The molecule has 7 nitrogen and oxygen atoms in total. The third kappa shape index (κ3) is 4.50. The van der Waals surface area contributed by atoms with Crippen LogP contribution in [0, 0.1) is 10.1 Å². The van der Waals surface area contributed by atoms with Crippen LogP contribution in [0.25, 0.3) is 0 Å². The Kier molecular flexibility index (Phi) is 4.70. The fourth-order valence-corrected chi connectivity index (χ4v) is 1.45. The molecule has 2 aromatic carbocycles. The first kappa shape index (κ1) is 14.3. The summed E-state index contributed by atoms with van der Waals surface area (Å²) in [6.45, 7) is 1.70. The van der Waals surface area contributed by atoms with Gasteiger partial charge in [-0.05, 0) is 31.2 Å². The van der Waals surface area contributed by atoms with Gasteiger partial charge in [-0.2, -0.15) is 5.10 Å². The van der Waals surface area contributed by atoms with Crippen molar-refractivity contribution < 1.29 is 4.92 Å². The number of nitrogens with zero attached hydrogens (tertiary/aromatic N) is 4. The van der Waals surface area contributed by atoms with E-state index in [-0.39, 0.29) is 5.69 Å². The Morgan fingerprint density at radius 2 is 1.76 bits per heavy atom. The average molecular weight is 283 g/mol. The summed E-state index contributed by atoms with van der Waals surface area (Å²) in [4.78, 5) is 10.1. The quantitative estimate of drug-likeness (QED) is 0.300. The van der Waals surface area contributed by atoms with Crippen molar-refractivity contribution in [2.45, 2.75) is 6.92 Å². The summed E-state index contributed by atoms with van der Waals surface area (Å²) >= 11 is 0. The Hall–Kier alpha value is -3.09. The first-order chi connectivity index (χ1) is 10.1. The van der Waals surface area contributed by atoms with Crippen molar-refractivity contribution >= 4 is 22.9 Å². The Balaban J connectivity index is 1.97. The topological polar surface area (TPSA) is 92.2 Å². The zero-order valence-electron chi connectivity index (χ0n) is 11.3. The maximum atomic E-state index is 10.5.